The minimum absolute atomic E-state index is 0.592. The Morgan fingerprint density at radius 3 is 1.35 bits per heavy atom. The molecule has 0 aliphatic rings. The molecule has 0 aromatic carbocycles. The van der Waals surface area contributed by atoms with Crippen LogP contribution in [0, 0.1) is 0 Å². The Morgan fingerprint density at radius 1 is 0.647 bits per heavy atom. The molecule has 0 fully saturated rings. The van der Waals surface area contributed by atoms with Crippen molar-refractivity contribution in [2.45, 2.75) is 53.4 Å². The quantitative estimate of drug-likeness (QED) is 0.514. The van der Waals surface area contributed by atoms with E-state index in [1.807, 2.05) is 13.8 Å². The van der Waals surface area contributed by atoms with E-state index in [1.54, 1.807) is 0 Å². The predicted molar refractivity (Wildman–Crippen MR) is 65.0 cm³/mol. The van der Waals surface area contributed by atoms with Crippen LogP contribution in [0.15, 0.2) is 0 Å². The Bertz CT molecular complexity index is 149. The Kier molecular flexibility index (Phi) is 12.3. The third-order valence-corrected chi connectivity index (χ3v) is 8.09. The average Bonchev–Trinajstić information content (AvgIpc) is 2.30. The summed E-state index contributed by atoms with van der Waals surface area (Å²) in [6, 6.07) is 0. The van der Waals surface area contributed by atoms with Crippen molar-refractivity contribution in [3.8, 4) is 0 Å². The molecular formula is C12H28O4Zr. The van der Waals surface area contributed by atoms with Gasteiger partial charge in [0.25, 0.3) is 0 Å². The second-order valence-corrected chi connectivity index (χ2v) is 9.07. The third kappa shape index (κ3) is 8.44. The van der Waals surface area contributed by atoms with Gasteiger partial charge in [-0.1, -0.05) is 0 Å². The van der Waals surface area contributed by atoms with Crippen LogP contribution < -0.4 is 0 Å². The van der Waals surface area contributed by atoms with Gasteiger partial charge in [-0.05, 0) is 0 Å². The van der Waals surface area contributed by atoms with Crippen molar-refractivity contribution in [3.05, 3.63) is 0 Å². The average molecular weight is 328 g/mol. The van der Waals surface area contributed by atoms with Gasteiger partial charge in [-0.25, -0.2) is 0 Å². The van der Waals surface area contributed by atoms with Gasteiger partial charge in [0.2, 0.25) is 0 Å². The molecule has 0 amide bonds. The fraction of sp³-hybridized carbons (Fsp3) is 1.00. The molecule has 104 valence electrons. The number of hydrogen-bond donors (Lipinski definition) is 0. The normalized spacial score (nSPS) is 12.0. The van der Waals surface area contributed by atoms with E-state index in [-0.39, 0.29) is 0 Å². The molecule has 0 bridgehead atoms. The Balaban J connectivity index is 4.25. The summed E-state index contributed by atoms with van der Waals surface area (Å²) < 4.78 is 23.1. The first-order valence-corrected chi connectivity index (χ1v) is 10.8. The molecule has 0 spiro atoms. The van der Waals surface area contributed by atoms with Gasteiger partial charge >= 0.3 is 113 Å². The van der Waals surface area contributed by atoms with Gasteiger partial charge in [0.15, 0.2) is 0 Å². The van der Waals surface area contributed by atoms with E-state index in [0.717, 1.165) is 25.7 Å². The van der Waals surface area contributed by atoms with Crippen molar-refractivity contribution in [2.24, 2.45) is 0 Å². The van der Waals surface area contributed by atoms with Crippen LogP contribution in [-0.2, 0) is 33.3 Å². The van der Waals surface area contributed by atoms with E-state index in [2.05, 4.69) is 13.8 Å². The Hall–Kier alpha value is 0.723. The molecule has 0 rings (SSSR count). The van der Waals surface area contributed by atoms with Crippen LogP contribution in [-0.4, -0.2) is 26.4 Å². The first-order valence-electron chi connectivity index (χ1n) is 6.80. The molecule has 0 saturated heterocycles. The van der Waals surface area contributed by atoms with Gasteiger partial charge in [-0.15, -0.1) is 0 Å². The molecule has 0 unspecified atom stereocenters. The van der Waals surface area contributed by atoms with Crippen LogP contribution in [0.4, 0.5) is 0 Å². The molecule has 5 heteroatoms. The van der Waals surface area contributed by atoms with Crippen LogP contribution in [0.25, 0.3) is 0 Å². The topological polar surface area (TPSA) is 36.9 Å². The van der Waals surface area contributed by atoms with Crippen molar-refractivity contribution >= 4 is 0 Å². The van der Waals surface area contributed by atoms with E-state index in [0.29, 0.717) is 26.4 Å². The summed E-state index contributed by atoms with van der Waals surface area (Å²) in [7, 11) is 0. The summed E-state index contributed by atoms with van der Waals surface area (Å²) >= 11 is -3.67. The van der Waals surface area contributed by atoms with Gasteiger partial charge < -0.3 is 0 Å². The maximum absolute atomic E-state index is 5.84. The molecule has 0 aromatic rings. The Labute approximate surface area is 113 Å². The second-order valence-electron chi connectivity index (χ2n) is 3.77. The molecule has 0 atom stereocenters. The van der Waals surface area contributed by atoms with Gasteiger partial charge in [0.1, 0.15) is 0 Å². The van der Waals surface area contributed by atoms with Gasteiger partial charge in [-0.2, -0.15) is 0 Å². The number of unbranched alkanes of at least 4 members (excludes halogenated alkanes) is 2. The molecule has 0 aromatic heterocycles. The third-order valence-electron chi connectivity index (χ3n) is 2.20. The summed E-state index contributed by atoms with van der Waals surface area (Å²) in [6.07, 6.45) is 4.26. The van der Waals surface area contributed by atoms with Crippen LogP contribution >= 0.6 is 0 Å². The van der Waals surface area contributed by atoms with E-state index in [4.69, 9.17) is 11.3 Å². The van der Waals surface area contributed by atoms with E-state index >= 15 is 0 Å². The molecule has 0 heterocycles. The zero-order valence-electron chi connectivity index (χ0n) is 11.8. The summed E-state index contributed by atoms with van der Waals surface area (Å²) in [5.74, 6) is 0. The van der Waals surface area contributed by atoms with Crippen LogP contribution in [0.2, 0.25) is 0 Å². The molecule has 0 saturated carbocycles. The van der Waals surface area contributed by atoms with Gasteiger partial charge in [0, 0.05) is 0 Å². The fourth-order valence-electron chi connectivity index (χ4n) is 1.29. The monoisotopic (exact) mass is 326 g/mol. The predicted octanol–water partition coefficient (Wildman–Crippen LogP) is 3.51. The van der Waals surface area contributed by atoms with E-state index < -0.39 is 22.0 Å². The molecule has 4 nitrogen and oxygen atoms in total. The van der Waals surface area contributed by atoms with Crippen molar-refractivity contribution in [3.63, 3.8) is 0 Å². The second kappa shape index (κ2) is 11.8. The standard InChI is InChI=1S/2C4H9O.2C2H5O.Zr/c2*1-2-3-4-5;2*1-2-3;/h2*2-4H2,1H3;2*2H2,1H3;/q4*-1;+4. The van der Waals surface area contributed by atoms with E-state index in [9.17, 15) is 0 Å². The first-order chi connectivity index (χ1) is 8.24. The maximum atomic E-state index is 5.84. The van der Waals surface area contributed by atoms with Gasteiger partial charge in [-0.3, -0.25) is 0 Å². The minimum atomic E-state index is -3.67. The fourth-order valence-corrected chi connectivity index (χ4v) is 6.19. The number of rotatable bonds is 12. The number of hydrogen-bond acceptors (Lipinski definition) is 4. The molecule has 0 aliphatic carbocycles. The van der Waals surface area contributed by atoms with E-state index in [1.165, 1.54) is 0 Å². The zero-order valence-corrected chi connectivity index (χ0v) is 14.2. The molecule has 0 N–H and O–H groups in total. The Morgan fingerprint density at radius 2 is 1.06 bits per heavy atom. The molecule has 0 aliphatic heterocycles. The summed E-state index contributed by atoms with van der Waals surface area (Å²) in [5.41, 5.74) is 0. The van der Waals surface area contributed by atoms with Gasteiger partial charge in [0.05, 0.1) is 0 Å². The van der Waals surface area contributed by atoms with Crippen molar-refractivity contribution in [2.75, 3.05) is 26.4 Å². The molecular weight excluding hydrogens is 299 g/mol. The zero-order chi connectivity index (χ0) is 13.0. The van der Waals surface area contributed by atoms with Crippen molar-refractivity contribution < 1.29 is 33.3 Å². The summed E-state index contributed by atoms with van der Waals surface area (Å²) in [5, 5.41) is 0. The molecule has 17 heavy (non-hydrogen) atoms. The first kappa shape index (κ1) is 17.7. The van der Waals surface area contributed by atoms with Crippen LogP contribution in [0.5, 0.6) is 0 Å². The SMILES string of the molecule is CCCC[O][Zr]([O]CC)([O]CC)[O]CCCC. The van der Waals surface area contributed by atoms with Crippen molar-refractivity contribution in [1.82, 2.24) is 0 Å². The van der Waals surface area contributed by atoms with Crippen molar-refractivity contribution in [1.29, 1.82) is 0 Å². The van der Waals surface area contributed by atoms with Crippen LogP contribution in [0.1, 0.15) is 53.4 Å². The summed E-state index contributed by atoms with van der Waals surface area (Å²) in [4.78, 5) is 0. The molecule has 0 radical (unpaired) electrons. The summed E-state index contributed by atoms with van der Waals surface area (Å²) in [6.45, 7) is 10.7. The van der Waals surface area contributed by atoms with Crippen LogP contribution in [0.3, 0.4) is 0 Å².